The minimum atomic E-state index is -3.56. The summed E-state index contributed by atoms with van der Waals surface area (Å²) >= 11 is 0. The first-order valence-corrected chi connectivity index (χ1v) is 9.44. The zero-order chi connectivity index (χ0) is 18.1. The van der Waals surface area contributed by atoms with Crippen molar-refractivity contribution in [1.29, 1.82) is 0 Å². The first kappa shape index (κ1) is 18.6. The fourth-order valence-corrected chi connectivity index (χ4v) is 4.34. The second-order valence-corrected chi connectivity index (χ2v) is 9.29. The van der Waals surface area contributed by atoms with E-state index in [9.17, 15) is 8.42 Å². The summed E-state index contributed by atoms with van der Waals surface area (Å²) in [6.45, 7) is 10.4. The van der Waals surface area contributed by atoms with E-state index in [1.807, 2.05) is 38.1 Å². The molecule has 0 aliphatic rings. The molecule has 0 N–H and O–H groups in total. The molecule has 0 saturated carbocycles. The summed E-state index contributed by atoms with van der Waals surface area (Å²) in [6, 6.07) is 7.65. The van der Waals surface area contributed by atoms with Crippen LogP contribution >= 0.6 is 0 Å². The fraction of sp³-hybridized carbons (Fsp3) is 0.421. The first-order valence-electron chi connectivity index (χ1n) is 8.00. The molecule has 5 heteroatoms. The van der Waals surface area contributed by atoms with Crippen LogP contribution in [-0.2, 0) is 22.0 Å². The van der Waals surface area contributed by atoms with Gasteiger partial charge in [-0.05, 0) is 47.6 Å². The Kier molecular flexibility index (Phi) is 5.16. The van der Waals surface area contributed by atoms with Crippen molar-refractivity contribution in [3.05, 3.63) is 58.9 Å². The number of benzene rings is 1. The normalized spacial score (nSPS) is 12.6. The molecule has 130 valence electrons. The Bertz CT molecular complexity index is 799. The molecule has 0 amide bonds. The summed E-state index contributed by atoms with van der Waals surface area (Å²) in [6.07, 6.45) is 3.37. The third-order valence-corrected chi connectivity index (χ3v) is 6.23. The van der Waals surface area contributed by atoms with Crippen LogP contribution < -0.4 is 0 Å². The van der Waals surface area contributed by atoms with Gasteiger partial charge in [0.1, 0.15) is 0 Å². The van der Waals surface area contributed by atoms with E-state index >= 15 is 0 Å². The number of aromatic nitrogens is 1. The van der Waals surface area contributed by atoms with E-state index in [1.54, 1.807) is 19.4 Å². The van der Waals surface area contributed by atoms with Gasteiger partial charge in [0, 0.05) is 26.0 Å². The van der Waals surface area contributed by atoms with Gasteiger partial charge >= 0.3 is 0 Å². The number of nitrogens with zero attached hydrogens (tertiary/aromatic N) is 2. The van der Waals surface area contributed by atoms with Crippen LogP contribution in [0.25, 0.3) is 0 Å². The number of rotatable bonds is 4. The molecule has 0 radical (unpaired) electrons. The molecule has 0 spiro atoms. The fourth-order valence-electron chi connectivity index (χ4n) is 2.78. The maximum absolute atomic E-state index is 13.0. The summed E-state index contributed by atoms with van der Waals surface area (Å²) in [5, 5.41) is 0. The van der Waals surface area contributed by atoms with Crippen LogP contribution in [-0.4, -0.2) is 24.8 Å². The van der Waals surface area contributed by atoms with Crippen molar-refractivity contribution in [3.8, 4) is 0 Å². The van der Waals surface area contributed by atoms with Gasteiger partial charge in [-0.25, -0.2) is 8.42 Å². The average molecular weight is 346 g/mol. The molecule has 0 bridgehead atoms. The second-order valence-electron chi connectivity index (χ2n) is 7.31. The Morgan fingerprint density at radius 2 is 1.71 bits per heavy atom. The predicted molar refractivity (Wildman–Crippen MR) is 97.5 cm³/mol. The Balaban J connectivity index is 2.42. The highest BCUT2D eigenvalue weighted by Crippen LogP contribution is 2.30. The van der Waals surface area contributed by atoms with Crippen molar-refractivity contribution >= 4 is 10.0 Å². The Morgan fingerprint density at radius 3 is 2.17 bits per heavy atom. The van der Waals surface area contributed by atoms with E-state index in [4.69, 9.17) is 0 Å². The zero-order valence-corrected chi connectivity index (χ0v) is 16.1. The topological polar surface area (TPSA) is 50.3 Å². The van der Waals surface area contributed by atoms with Crippen molar-refractivity contribution in [1.82, 2.24) is 9.29 Å². The molecule has 2 aromatic rings. The summed E-state index contributed by atoms with van der Waals surface area (Å²) in [4.78, 5) is 4.45. The SMILES string of the molecule is Cc1cc(C(C)(C)C)cc(C)c1S(=O)(=O)N(C)Cc1cccnc1. The quantitative estimate of drug-likeness (QED) is 0.846. The molecular formula is C19H26N2O2S. The lowest BCUT2D eigenvalue weighted by molar-refractivity contribution is 0.465. The van der Waals surface area contributed by atoms with E-state index in [-0.39, 0.29) is 5.41 Å². The van der Waals surface area contributed by atoms with Gasteiger partial charge in [0.2, 0.25) is 10.0 Å². The Hall–Kier alpha value is -1.72. The van der Waals surface area contributed by atoms with Crippen LogP contribution in [0.15, 0.2) is 41.6 Å². The van der Waals surface area contributed by atoms with Crippen molar-refractivity contribution in [2.24, 2.45) is 0 Å². The molecule has 2 rings (SSSR count). The first-order chi connectivity index (χ1) is 11.0. The molecule has 4 nitrogen and oxygen atoms in total. The molecule has 0 saturated heterocycles. The Labute approximate surface area is 145 Å². The predicted octanol–water partition coefficient (Wildman–Crippen LogP) is 3.82. The van der Waals surface area contributed by atoms with E-state index in [0.717, 1.165) is 22.3 Å². The highest BCUT2D eigenvalue weighted by Gasteiger charge is 2.27. The third kappa shape index (κ3) is 3.84. The van der Waals surface area contributed by atoms with Gasteiger partial charge in [0.05, 0.1) is 4.90 Å². The standard InChI is InChI=1S/C19H26N2O2S/c1-14-10-17(19(3,4)5)11-15(2)18(14)24(22,23)21(6)13-16-8-7-9-20-12-16/h7-12H,13H2,1-6H3. The van der Waals surface area contributed by atoms with Crippen LogP contribution in [0, 0.1) is 13.8 Å². The van der Waals surface area contributed by atoms with Crippen LogP contribution in [0.2, 0.25) is 0 Å². The lowest BCUT2D eigenvalue weighted by atomic mass is 9.85. The summed E-state index contributed by atoms with van der Waals surface area (Å²) < 4.78 is 27.5. The smallest absolute Gasteiger partial charge is 0.243 e. The van der Waals surface area contributed by atoms with Gasteiger partial charge in [-0.3, -0.25) is 4.98 Å². The van der Waals surface area contributed by atoms with Gasteiger partial charge in [-0.15, -0.1) is 0 Å². The third-order valence-electron chi connectivity index (χ3n) is 4.12. The molecule has 0 fully saturated rings. The molecule has 1 aromatic heterocycles. The summed E-state index contributed by atoms with van der Waals surface area (Å²) in [7, 11) is -1.95. The number of hydrogen-bond acceptors (Lipinski definition) is 3. The monoisotopic (exact) mass is 346 g/mol. The molecule has 1 heterocycles. The molecule has 24 heavy (non-hydrogen) atoms. The largest absolute Gasteiger partial charge is 0.264 e. The molecule has 0 aliphatic carbocycles. The number of hydrogen-bond donors (Lipinski definition) is 0. The minimum Gasteiger partial charge on any atom is -0.264 e. The maximum atomic E-state index is 13.0. The van der Waals surface area contributed by atoms with Crippen molar-refractivity contribution in [2.45, 2.75) is 51.5 Å². The number of pyridine rings is 1. The molecule has 0 unspecified atom stereocenters. The van der Waals surface area contributed by atoms with Gasteiger partial charge in [0.15, 0.2) is 0 Å². The lowest BCUT2D eigenvalue weighted by Crippen LogP contribution is -2.28. The Morgan fingerprint density at radius 1 is 1.12 bits per heavy atom. The summed E-state index contributed by atoms with van der Waals surface area (Å²) in [5.41, 5.74) is 3.58. The van der Waals surface area contributed by atoms with Crippen LogP contribution in [0.1, 0.15) is 43.0 Å². The second kappa shape index (κ2) is 6.65. The van der Waals surface area contributed by atoms with Crippen molar-refractivity contribution in [3.63, 3.8) is 0 Å². The number of sulfonamides is 1. The molecule has 0 atom stereocenters. The van der Waals surface area contributed by atoms with Gasteiger partial charge in [-0.1, -0.05) is 39.0 Å². The lowest BCUT2D eigenvalue weighted by Gasteiger charge is -2.24. The van der Waals surface area contributed by atoms with Gasteiger partial charge in [-0.2, -0.15) is 4.31 Å². The zero-order valence-electron chi connectivity index (χ0n) is 15.3. The van der Waals surface area contributed by atoms with Gasteiger partial charge in [0.25, 0.3) is 0 Å². The van der Waals surface area contributed by atoms with Crippen molar-refractivity contribution < 1.29 is 8.42 Å². The highest BCUT2D eigenvalue weighted by molar-refractivity contribution is 7.89. The molecule has 0 aliphatic heterocycles. The van der Waals surface area contributed by atoms with Gasteiger partial charge < -0.3 is 0 Å². The van der Waals surface area contributed by atoms with Crippen LogP contribution in [0.4, 0.5) is 0 Å². The van der Waals surface area contributed by atoms with E-state index < -0.39 is 10.0 Å². The van der Waals surface area contributed by atoms with Crippen molar-refractivity contribution in [2.75, 3.05) is 7.05 Å². The maximum Gasteiger partial charge on any atom is 0.243 e. The van der Waals surface area contributed by atoms with Crippen LogP contribution in [0.3, 0.4) is 0 Å². The van der Waals surface area contributed by atoms with E-state index in [1.165, 1.54) is 4.31 Å². The highest BCUT2D eigenvalue weighted by atomic mass is 32.2. The van der Waals surface area contributed by atoms with E-state index in [0.29, 0.717) is 11.4 Å². The van der Waals surface area contributed by atoms with E-state index in [2.05, 4.69) is 25.8 Å². The molecule has 1 aromatic carbocycles. The minimum absolute atomic E-state index is 0.0145. The molecular weight excluding hydrogens is 320 g/mol. The number of aryl methyl sites for hydroxylation is 2. The average Bonchev–Trinajstić information content (AvgIpc) is 2.46. The summed E-state index contributed by atoms with van der Waals surface area (Å²) in [5.74, 6) is 0. The van der Waals surface area contributed by atoms with Crippen LogP contribution in [0.5, 0.6) is 0 Å².